The summed E-state index contributed by atoms with van der Waals surface area (Å²) in [5.41, 5.74) is 0. The van der Waals surface area contributed by atoms with Crippen molar-refractivity contribution in [3.05, 3.63) is 0 Å². The zero-order chi connectivity index (χ0) is 14.1. The fourth-order valence-electron chi connectivity index (χ4n) is 5.09. The van der Waals surface area contributed by atoms with E-state index in [9.17, 15) is 0 Å². The second kappa shape index (κ2) is 6.36. The van der Waals surface area contributed by atoms with Crippen LogP contribution in [0, 0.1) is 17.8 Å². The van der Waals surface area contributed by atoms with E-state index >= 15 is 0 Å². The largest absolute Gasteiger partial charge is 0.312 e. The van der Waals surface area contributed by atoms with Crippen molar-refractivity contribution in [2.45, 2.75) is 83.8 Å². The Labute approximate surface area is 125 Å². The fourth-order valence-corrected chi connectivity index (χ4v) is 5.09. The first kappa shape index (κ1) is 14.8. The van der Waals surface area contributed by atoms with Crippen LogP contribution in [-0.2, 0) is 0 Å². The molecule has 0 aromatic rings. The Kier molecular flexibility index (Phi) is 4.72. The summed E-state index contributed by atoms with van der Waals surface area (Å²) in [6.45, 7) is 9.76. The molecule has 1 heterocycles. The van der Waals surface area contributed by atoms with Crippen LogP contribution in [0.1, 0.15) is 65.7 Å². The number of nitrogens with zero attached hydrogens (tertiary/aromatic N) is 1. The third-order valence-electron chi connectivity index (χ3n) is 6.33. The van der Waals surface area contributed by atoms with Crippen LogP contribution in [0.3, 0.4) is 0 Å². The molecule has 116 valence electrons. The van der Waals surface area contributed by atoms with E-state index in [1.807, 2.05) is 0 Å². The average molecular weight is 278 g/mol. The van der Waals surface area contributed by atoms with E-state index in [1.54, 1.807) is 0 Å². The lowest BCUT2D eigenvalue weighted by Crippen LogP contribution is -2.55. The monoisotopic (exact) mass is 278 g/mol. The minimum Gasteiger partial charge on any atom is -0.312 e. The predicted molar refractivity (Wildman–Crippen MR) is 85.9 cm³/mol. The quantitative estimate of drug-likeness (QED) is 0.825. The Hall–Kier alpha value is -0.0800. The maximum Gasteiger partial charge on any atom is 0.0255 e. The van der Waals surface area contributed by atoms with Gasteiger partial charge in [0.2, 0.25) is 0 Å². The summed E-state index contributed by atoms with van der Waals surface area (Å²) in [5, 5.41) is 3.88. The number of rotatable bonds is 5. The van der Waals surface area contributed by atoms with E-state index in [4.69, 9.17) is 0 Å². The second-order valence-electron chi connectivity index (χ2n) is 7.97. The van der Waals surface area contributed by atoms with Crippen LogP contribution < -0.4 is 5.32 Å². The zero-order valence-electron chi connectivity index (χ0n) is 13.8. The highest BCUT2D eigenvalue weighted by molar-refractivity contribution is 5.00. The number of piperidine rings is 1. The normalized spacial score (nSPS) is 41.7. The highest BCUT2D eigenvalue weighted by Gasteiger charge is 2.45. The molecule has 2 nitrogen and oxygen atoms in total. The number of likely N-dealkylation sites (tertiary alicyclic amines) is 1. The Bertz CT molecular complexity index is 315. The van der Waals surface area contributed by atoms with Crippen molar-refractivity contribution in [3.63, 3.8) is 0 Å². The number of nitrogens with one attached hydrogen (secondary N) is 1. The molecule has 3 fully saturated rings. The van der Waals surface area contributed by atoms with Crippen LogP contribution in [0.4, 0.5) is 0 Å². The molecule has 0 amide bonds. The van der Waals surface area contributed by atoms with Gasteiger partial charge < -0.3 is 5.32 Å². The Morgan fingerprint density at radius 2 is 1.95 bits per heavy atom. The lowest BCUT2D eigenvalue weighted by molar-refractivity contribution is 0.0598. The molecule has 5 atom stereocenters. The lowest BCUT2D eigenvalue weighted by atomic mass is 9.76. The van der Waals surface area contributed by atoms with Gasteiger partial charge in [0.1, 0.15) is 0 Å². The minimum atomic E-state index is 0.768. The maximum atomic E-state index is 3.88. The molecule has 1 aliphatic heterocycles. The molecule has 1 saturated heterocycles. The third-order valence-corrected chi connectivity index (χ3v) is 6.33. The fraction of sp³-hybridized carbons (Fsp3) is 1.00. The molecule has 2 aliphatic carbocycles. The van der Waals surface area contributed by atoms with Crippen molar-refractivity contribution in [2.75, 3.05) is 13.1 Å². The summed E-state index contributed by atoms with van der Waals surface area (Å²) in [7, 11) is 0. The predicted octanol–water partition coefficient (Wildman–Crippen LogP) is 3.66. The van der Waals surface area contributed by atoms with Crippen LogP contribution in [0.5, 0.6) is 0 Å². The molecular formula is C18H34N2. The van der Waals surface area contributed by atoms with E-state index in [2.05, 4.69) is 31.0 Å². The van der Waals surface area contributed by atoms with Gasteiger partial charge in [-0.15, -0.1) is 0 Å². The SMILES string of the molecule is CCCNC1CCC(C(C)C)CC1N1CC2CCC1C2. The average Bonchev–Trinajstić information content (AvgIpc) is 3.07. The van der Waals surface area contributed by atoms with Gasteiger partial charge in [-0.25, -0.2) is 0 Å². The van der Waals surface area contributed by atoms with E-state index in [0.29, 0.717) is 0 Å². The maximum absolute atomic E-state index is 3.88. The summed E-state index contributed by atoms with van der Waals surface area (Å²) in [5.74, 6) is 2.86. The van der Waals surface area contributed by atoms with Gasteiger partial charge in [-0.05, 0) is 69.2 Å². The van der Waals surface area contributed by atoms with Gasteiger partial charge in [-0.3, -0.25) is 4.90 Å². The number of hydrogen-bond donors (Lipinski definition) is 1. The van der Waals surface area contributed by atoms with Crippen molar-refractivity contribution < 1.29 is 0 Å². The highest BCUT2D eigenvalue weighted by atomic mass is 15.2. The highest BCUT2D eigenvalue weighted by Crippen LogP contribution is 2.42. The van der Waals surface area contributed by atoms with Gasteiger partial charge in [0.15, 0.2) is 0 Å². The van der Waals surface area contributed by atoms with Crippen molar-refractivity contribution >= 4 is 0 Å². The summed E-state index contributed by atoms with van der Waals surface area (Å²) in [6.07, 6.45) is 10.1. The van der Waals surface area contributed by atoms with Crippen molar-refractivity contribution in [3.8, 4) is 0 Å². The molecule has 0 radical (unpaired) electrons. The standard InChI is InChI=1S/C18H34N2/c1-4-9-19-17-8-6-15(13(2)3)11-18(17)20-12-14-5-7-16(20)10-14/h13-19H,4-12H2,1-3H3. The molecule has 3 rings (SSSR count). The van der Waals surface area contributed by atoms with Crippen LogP contribution >= 0.6 is 0 Å². The van der Waals surface area contributed by atoms with Crippen molar-refractivity contribution in [1.82, 2.24) is 10.2 Å². The molecule has 1 N–H and O–H groups in total. The summed E-state index contributed by atoms with van der Waals surface area (Å²) in [6, 6.07) is 2.53. The first-order chi connectivity index (χ1) is 9.69. The zero-order valence-corrected chi connectivity index (χ0v) is 13.8. The third kappa shape index (κ3) is 2.92. The topological polar surface area (TPSA) is 15.3 Å². The van der Waals surface area contributed by atoms with Gasteiger partial charge in [0, 0.05) is 24.7 Å². The molecule has 2 heteroatoms. The van der Waals surface area contributed by atoms with E-state index in [0.717, 1.165) is 35.9 Å². The Balaban J connectivity index is 1.67. The molecule has 5 unspecified atom stereocenters. The first-order valence-electron chi connectivity index (χ1n) is 9.18. The summed E-state index contributed by atoms with van der Waals surface area (Å²) in [4.78, 5) is 2.93. The van der Waals surface area contributed by atoms with Crippen LogP contribution in [-0.4, -0.2) is 36.1 Å². The van der Waals surface area contributed by atoms with E-state index in [-0.39, 0.29) is 0 Å². The van der Waals surface area contributed by atoms with Gasteiger partial charge >= 0.3 is 0 Å². The molecule has 0 aromatic carbocycles. The molecule has 2 saturated carbocycles. The summed E-state index contributed by atoms with van der Waals surface area (Å²) >= 11 is 0. The van der Waals surface area contributed by atoms with E-state index in [1.165, 1.54) is 58.0 Å². The molecule has 3 aliphatic rings. The number of hydrogen-bond acceptors (Lipinski definition) is 2. The minimum absolute atomic E-state index is 0.768. The first-order valence-corrected chi connectivity index (χ1v) is 9.18. The molecule has 2 bridgehead atoms. The number of fused-ring (bicyclic) bond motifs is 2. The second-order valence-corrected chi connectivity index (χ2v) is 7.97. The van der Waals surface area contributed by atoms with E-state index < -0.39 is 0 Å². The van der Waals surface area contributed by atoms with Crippen molar-refractivity contribution in [1.29, 1.82) is 0 Å². The molecule has 0 aromatic heterocycles. The Morgan fingerprint density at radius 1 is 1.10 bits per heavy atom. The van der Waals surface area contributed by atoms with Crippen molar-refractivity contribution in [2.24, 2.45) is 17.8 Å². The van der Waals surface area contributed by atoms with Gasteiger partial charge in [-0.1, -0.05) is 20.8 Å². The van der Waals surface area contributed by atoms with Crippen LogP contribution in [0.15, 0.2) is 0 Å². The van der Waals surface area contributed by atoms with Gasteiger partial charge in [-0.2, -0.15) is 0 Å². The molecular weight excluding hydrogens is 244 g/mol. The van der Waals surface area contributed by atoms with Gasteiger partial charge in [0.25, 0.3) is 0 Å². The lowest BCUT2D eigenvalue weighted by Gasteiger charge is -2.46. The summed E-state index contributed by atoms with van der Waals surface area (Å²) < 4.78 is 0. The van der Waals surface area contributed by atoms with Gasteiger partial charge in [0.05, 0.1) is 0 Å². The molecule has 20 heavy (non-hydrogen) atoms. The Morgan fingerprint density at radius 3 is 2.55 bits per heavy atom. The molecule has 0 spiro atoms. The van der Waals surface area contributed by atoms with Crippen LogP contribution in [0.25, 0.3) is 0 Å². The van der Waals surface area contributed by atoms with Crippen LogP contribution in [0.2, 0.25) is 0 Å². The smallest absolute Gasteiger partial charge is 0.0255 e.